The van der Waals surface area contributed by atoms with E-state index in [0.29, 0.717) is 12.1 Å². The zero-order chi connectivity index (χ0) is 20.2. The van der Waals surface area contributed by atoms with Gasteiger partial charge in [-0.2, -0.15) is 0 Å². The lowest BCUT2D eigenvalue weighted by Gasteiger charge is -2.56. The first kappa shape index (κ1) is 21.2. The third kappa shape index (κ3) is 3.18. The quantitative estimate of drug-likeness (QED) is 0.848. The molecule has 0 saturated carbocycles. The molecule has 1 saturated heterocycles. The second-order valence-electron chi connectivity index (χ2n) is 9.46. The molecule has 0 bridgehead atoms. The van der Waals surface area contributed by atoms with Gasteiger partial charge in [0.05, 0.1) is 5.60 Å². The minimum absolute atomic E-state index is 0.268. The standard InChI is InChI=1S/C23H40N2O/c1-14-15(2)17(4)21(18(5)16(14)3)24-12-13-25(20(7)19(24)6)22(8,9)23(10,11)26/h19-20,26H,12-13H2,1-11H3. The summed E-state index contributed by atoms with van der Waals surface area (Å²) in [7, 11) is 0. The summed E-state index contributed by atoms with van der Waals surface area (Å²) >= 11 is 0. The number of piperazine rings is 1. The topological polar surface area (TPSA) is 26.7 Å². The maximum absolute atomic E-state index is 10.7. The van der Waals surface area contributed by atoms with Gasteiger partial charge >= 0.3 is 0 Å². The first-order valence-electron chi connectivity index (χ1n) is 10.1. The number of hydrogen-bond donors (Lipinski definition) is 1. The van der Waals surface area contributed by atoms with E-state index in [9.17, 15) is 5.11 Å². The molecule has 0 aromatic heterocycles. The molecule has 1 aromatic rings. The average molecular weight is 361 g/mol. The third-order valence-corrected chi connectivity index (χ3v) is 7.73. The summed E-state index contributed by atoms with van der Waals surface area (Å²) in [5.74, 6) is 0. The molecule has 0 radical (unpaired) electrons. The molecule has 0 aliphatic carbocycles. The van der Waals surface area contributed by atoms with Gasteiger partial charge in [0, 0.05) is 36.4 Å². The molecule has 2 rings (SSSR count). The second kappa shape index (κ2) is 6.83. The van der Waals surface area contributed by atoms with Crippen LogP contribution in [0.2, 0.25) is 0 Å². The number of nitrogens with zero attached hydrogens (tertiary/aromatic N) is 2. The molecular weight excluding hydrogens is 320 g/mol. The smallest absolute Gasteiger partial charge is 0.0769 e. The third-order valence-electron chi connectivity index (χ3n) is 7.73. The first-order valence-corrected chi connectivity index (χ1v) is 10.1. The van der Waals surface area contributed by atoms with Crippen molar-refractivity contribution >= 4 is 5.69 Å². The van der Waals surface area contributed by atoms with Crippen molar-refractivity contribution in [1.29, 1.82) is 0 Å². The maximum atomic E-state index is 10.7. The summed E-state index contributed by atoms with van der Waals surface area (Å²) in [6.07, 6.45) is 0. The molecule has 26 heavy (non-hydrogen) atoms. The van der Waals surface area contributed by atoms with E-state index in [2.05, 4.69) is 72.1 Å². The van der Waals surface area contributed by atoms with E-state index in [1.807, 2.05) is 13.8 Å². The van der Waals surface area contributed by atoms with Gasteiger partial charge in [-0.25, -0.2) is 0 Å². The van der Waals surface area contributed by atoms with Gasteiger partial charge in [0.1, 0.15) is 0 Å². The van der Waals surface area contributed by atoms with Crippen LogP contribution in [0.5, 0.6) is 0 Å². The predicted octanol–water partition coefficient (Wildman–Crippen LogP) is 4.68. The fourth-order valence-electron chi connectivity index (χ4n) is 4.51. The van der Waals surface area contributed by atoms with Gasteiger partial charge < -0.3 is 10.0 Å². The molecule has 1 heterocycles. The van der Waals surface area contributed by atoms with Crippen molar-refractivity contribution in [2.75, 3.05) is 18.0 Å². The fourth-order valence-corrected chi connectivity index (χ4v) is 4.51. The lowest BCUT2D eigenvalue weighted by atomic mass is 9.81. The molecule has 1 N–H and O–H groups in total. The maximum Gasteiger partial charge on any atom is 0.0769 e. The minimum Gasteiger partial charge on any atom is -0.389 e. The molecular formula is C23H40N2O. The van der Waals surface area contributed by atoms with E-state index in [1.165, 1.54) is 33.5 Å². The van der Waals surface area contributed by atoms with Crippen molar-refractivity contribution in [3.63, 3.8) is 0 Å². The first-order chi connectivity index (χ1) is 11.7. The van der Waals surface area contributed by atoms with E-state index in [4.69, 9.17) is 0 Å². The van der Waals surface area contributed by atoms with Crippen molar-refractivity contribution in [3.8, 4) is 0 Å². The minimum atomic E-state index is -0.744. The summed E-state index contributed by atoms with van der Waals surface area (Å²) in [4.78, 5) is 5.10. The number of aliphatic hydroxyl groups is 1. The Morgan fingerprint density at radius 2 is 1.15 bits per heavy atom. The number of rotatable bonds is 3. The van der Waals surface area contributed by atoms with Crippen LogP contribution < -0.4 is 4.90 Å². The molecule has 2 unspecified atom stereocenters. The Kier molecular flexibility index (Phi) is 5.58. The van der Waals surface area contributed by atoms with Gasteiger partial charge in [-0.1, -0.05) is 0 Å². The number of hydrogen-bond acceptors (Lipinski definition) is 3. The van der Waals surface area contributed by atoms with Crippen LogP contribution in [-0.2, 0) is 0 Å². The molecule has 1 aliphatic heterocycles. The predicted molar refractivity (Wildman–Crippen MR) is 113 cm³/mol. The Hall–Kier alpha value is -1.06. The van der Waals surface area contributed by atoms with Crippen molar-refractivity contribution in [2.45, 2.75) is 99.4 Å². The Morgan fingerprint density at radius 3 is 1.58 bits per heavy atom. The van der Waals surface area contributed by atoms with Crippen LogP contribution >= 0.6 is 0 Å². The highest BCUT2D eigenvalue weighted by Gasteiger charge is 2.46. The van der Waals surface area contributed by atoms with Crippen LogP contribution in [-0.4, -0.2) is 46.3 Å². The van der Waals surface area contributed by atoms with Crippen molar-refractivity contribution < 1.29 is 5.11 Å². The zero-order valence-corrected chi connectivity index (χ0v) is 18.9. The molecule has 148 valence electrons. The molecule has 1 aliphatic rings. The Balaban J connectivity index is 2.44. The van der Waals surface area contributed by atoms with E-state index in [0.717, 1.165) is 13.1 Å². The lowest BCUT2D eigenvalue weighted by Crippen LogP contribution is -2.68. The van der Waals surface area contributed by atoms with E-state index < -0.39 is 5.60 Å². The SMILES string of the molecule is Cc1c(C)c(C)c(N2CCN(C(C)(C)C(C)(C)O)C(C)C2C)c(C)c1C. The lowest BCUT2D eigenvalue weighted by molar-refractivity contribution is -0.0943. The van der Waals surface area contributed by atoms with Crippen LogP contribution in [0, 0.1) is 34.6 Å². The van der Waals surface area contributed by atoms with E-state index in [-0.39, 0.29) is 5.54 Å². The van der Waals surface area contributed by atoms with Crippen molar-refractivity contribution in [2.24, 2.45) is 0 Å². The van der Waals surface area contributed by atoms with Gasteiger partial charge in [0.15, 0.2) is 0 Å². The highest BCUT2D eigenvalue weighted by molar-refractivity contribution is 5.67. The molecule has 3 heteroatoms. The number of benzene rings is 1. The summed E-state index contributed by atoms with van der Waals surface area (Å²) in [5, 5.41) is 10.7. The Bertz CT molecular complexity index is 655. The fraction of sp³-hybridized carbons (Fsp3) is 0.739. The molecule has 0 amide bonds. The molecule has 1 fully saturated rings. The van der Waals surface area contributed by atoms with Gasteiger partial charge in [0.25, 0.3) is 0 Å². The number of anilines is 1. The summed E-state index contributed by atoms with van der Waals surface area (Å²) in [6, 6.07) is 0.759. The Labute approximate surface area is 161 Å². The largest absolute Gasteiger partial charge is 0.389 e. The van der Waals surface area contributed by atoms with Gasteiger partial charge in [0.2, 0.25) is 0 Å². The summed E-state index contributed by atoms with van der Waals surface area (Å²) in [5.41, 5.74) is 7.50. The highest BCUT2D eigenvalue weighted by Crippen LogP contribution is 2.39. The van der Waals surface area contributed by atoms with E-state index >= 15 is 0 Å². The second-order valence-corrected chi connectivity index (χ2v) is 9.46. The molecule has 0 spiro atoms. The van der Waals surface area contributed by atoms with Gasteiger partial charge in [-0.15, -0.1) is 0 Å². The van der Waals surface area contributed by atoms with Gasteiger partial charge in [-0.05, 0) is 104 Å². The van der Waals surface area contributed by atoms with E-state index in [1.54, 1.807) is 0 Å². The zero-order valence-electron chi connectivity index (χ0n) is 18.9. The monoisotopic (exact) mass is 360 g/mol. The van der Waals surface area contributed by atoms with Crippen LogP contribution in [0.1, 0.15) is 69.4 Å². The highest BCUT2D eigenvalue weighted by atomic mass is 16.3. The van der Waals surface area contributed by atoms with Crippen LogP contribution in [0.4, 0.5) is 5.69 Å². The average Bonchev–Trinajstić information content (AvgIpc) is 2.54. The van der Waals surface area contributed by atoms with Gasteiger partial charge in [-0.3, -0.25) is 4.90 Å². The van der Waals surface area contributed by atoms with Crippen LogP contribution in [0.25, 0.3) is 0 Å². The van der Waals surface area contributed by atoms with Crippen LogP contribution in [0.15, 0.2) is 0 Å². The Morgan fingerprint density at radius 1 is 0.731 bits per heavy atom. The van der Waals surface area contributed by atoms with Crippen molar-refractivity contribution in [1.82, 2.24) is 4.90 Å². The molecule has 1 aromatic carbocycles. The summed E-state index contributed by atoms with van der Waals surface area (Å²) < 4.78 is 0. The molecule has 3 nitrogen and oxygen atoms in total. The van der Waals surface area contributed by atoms with Crippen LogP contribution in [0.3, 0.4) is 0 Å². The van der Waals surface area contributed by atoms with Crippen molar-refractivity contribution in [3.05, 3.63) is 27.8 Å². The molecule has 2 atom stereocenters. The normalized spacial score (nSPS) is 22.8. The summed E-state index contributed by atoms with van der Waals surface area (Å²) in [6.45, 7) is 26.1.